The third-order valence-electron chi connectivity index (χ3n) is 6.18. The lowest BCUT2D eigenvalue weighted by Gasteiger charge is -2.15. The molecule has 0 amide bonds. The predicted molar refractivity (Wildman–Crippen MR) is 131 cm³/mol. The molecule has 33 heavy (non-hydrogen) atoms. The molecule has 4 nitrogen and oxygen atoms in total. The maximum Gasteiger partial charge on any atom is 0.138 e. The van der Waals surface area contributed by atoms with Crippen molar-refractivity contribution in [3.63, 3.8) is 0 Å². The Balaban J connectivity index is 1.33. The van der Waals surface area contributed by atoms with Gasteiger partial charge in [0.05, 0.1) is 21.2 Å². The van der Waals surface area contributed by atoms with Crippen molar-refractivity contribution in [2.45, 2.75) is 19.4 Å². The van der Waals surface area contributed by atoms with Crippen LogP contribution in [-0.4, -0.2) is 28.0 Å². The molecule has 0 saturated carbocycles. The van der Waals surface area contributed by atoms with Crippen LogP contribution in [0.5, 0.6) is 11.5 Å². The average molecular weight is 456 g/mol. The fraction of sp³-hybridized carbons (Fsp3) is 0.185. The summed E-state index contributed by atoms with van der Waals surface area (Å²) in [5.41, 5.74) is 5.95. The number of likely N-dealkylation sites (tertiary alicyclic amines) is 1. The summed E-state index contributed by atoms with van der Waals surface area (Å²) >= 11 is 1.60. The Hall–Kier alpha value is -3.35. The predicted octanol–water partition coefficient (Wildman–Crippen LogP) is 7.04. The molecule has 5 aromatic rings. The highest BCUT2D eigenvalue weighted by Gasteiger charge is 2.14. The standard InChI is InChI=1S/C27H22FN3OS/c28-23-13-18(16-31-11-1-2-12-31)3-6-21(23)19-4-7-24-22(14-19)26(9-10-29-24)32-20-5-8-27-25(15-20)30-17-33-27/h3-10,13-15,17H,1-2,11-12,16H2. The topological polar surface area (TPSA) is 38.2 Å². The van der Waals surface area contributed by atoms with Crippen LogP contribution in [0, 0.1) is 5.82 Å². The largest absolute Gasteiger partial charge is 0.457 e. The third kappa shape index (κ3) is 4.08. The monoisotopic (exact) mass is 455 g/mol. The number of benzene rings is 3. The second kappa shape index (κ2) is 8.54. The quantitative estimate of drug-likeness (QED) is 0.285. The molecular weight excluding hydrogens is 433 g/mol. The van der Waals surface area contributed by atoms with Gasteiger partial charge in [0, 0.05) is 29.8 Å². The van der Waals surface area contributed by atoms with Gasteiger partial charge >= 0.3 is 0 Å². The van der Waals surface area contributed by atoms with Gasteiger partial charge in [0.15, 0.2) is 0 Å². The second-order valence-corrected chi connectivity index (χ2v) is 9.31. The van der Waals surface area contributed by atoms with E-state index < -0.39 is 0 Å². The van der Waals surface area contributed by atoms with E-state index in [0.29, 0.717) is 17.1 Å². The number of fused-ring (bicyclic) bond motifs is 2. The van der Waals surface area contributed by atoms with Gasteiger partial charge in [-0.25, -0.2) is 9.37 Å². The van der Waals surface area contributed by atoms with Crippen molar-refractivity contribution in [1.82, 2.24) is 14.9 Å². The van der Waals surface area contributed by atoms with Crippen LogP contribution in [0.1, 0.15) is 18.4 Å². The fourth-order valence-electron chi connectivity index (χ4n) is 4.50. The molecule has 1 aliphatic heterocycles. The van der Waals surface area contributed by atoms with Gasteiger partial charge in [0.25, 0.3) is 0 Å². The second-order valence-electron chi connectivity index (χ2n) is 8.42. The molecule has 1 saturated heterocycles. The maximum atomic E-state index is 15.1. The molecule has 0 aliphatic carbocycles. The summed E-state index contributed by atoms with van der Waals surface area (Å²) in [7, 11) is 0. The van der Waals surface area contributed by atoms with E-state index >= 15 is 4.39 Å². The van der Waals surface area contributed by atoms with Crippen LogP contribution in [-0.2, 0) is 6.54 Å². The van der Waals surface area contributed by atoms with Crippen molar-refractivity contribution >= 4 is 32.5 Å². The van der Waals surface area contributed by atoms with Crippen molar-refractivity contribution in [3.05, 3.63) is 83.8 Å². The van der Waals surface area contributed by atoms with Gasteiger partial charge in [-0.3, -0.25) is 9.88 Å². The normalized spacial score (nSPS) is 14.3. The Morgan fingerprint density at radius 1 is 0.909 bits per heavy atom. The molecule has 2 aromatic heterocycles. The molecular formula is C27H22FN3OS. The lowest BCUT2D eigenvalue weighted by molar-refractivity contribution is 0.331. The molecule has 3 aromatic carbocycles. The van der Waals surface area contributed by atoms with Gasteiger partial charge in [-0.2, -0.15) is 0 Å². The fourth-order valence-corrected chi connectivity index (χ4v) is 5.15. The van der Waals surface area contributed by atoms with E-state index in [9.17, 15) is 0 Å². The number of hydrogen-bond acceptors (Lipinski definition) is 5. The van der Waals surface area contributed by atoms with Crippen LogP contribution in [0.15, 0.2) is 72.4 Å². The summed E-state index contributed by atoms with van der Waals surface area (Å²) in [5.74, 6) is 1.19. The molecule has 164 valence electrons. The first-order chi connectivity index (χ1) is 16.2. The van der Waals surface area contributed by atoms with Crippen molar-refractivity contribution in [3.8, 4) is 22.6 Å². The van der Waals surface area contributed by atoms with Crippen molar-refractivity contribution in [1.29, 1.82) is 0 Å². The average Bonchev–Trinajstić information content (AvgIpc) is 3.51. The zero-order chi connectivity index (χ0) is 22.2. The number of halogens is 1. The van der Waals surface area contributed by atoms with E-state index in [4.69, 9.17) is 4.74 Å². The summed E-state index contributed by atoms with van der Waals surface area (Å²) in [6, 6.07) is 19.1. The first-order valence-electron chi connectivity index (χ1n) is 11.1. The lowest BCUT2D eigenvalue weighted by atomic mass is 10.0. The van der Waals surface area contributed by atoms with Gasteiger partial charge in [-0.05, 0) is 73.5 Å². The van der Waals surface area contributed by atoms with E-state index in [-0.39, 0.29) is 5.82 Å². The molecule has 0 N–H and O–H groups in total. The first kappa shape index (κ1) is 20.3. The smallest absolute Gasteiger partial charge is 0.138 e. The highest BCUT2D eigenvalue weighted by atomic mass is 32.1. The molecule has 1 fully saturated rings. The Morgan fingerprint density at radius 2 is 1.82 bits per heavy atom. The Bertz CT molecular complexity index is 1460. The summed E-state index contributed by atoms with van der Waals surface area (Å²) in [6.45, 7) is 3.00. The molecule has 6 heteroatoms. The molecule has 6 rings (SSSR count). The van der Waals surface area contributed by atoms with Crippen molar-refractivity contribution in [2.75, 3.05) is 13.1 Å². The number of aromatic nitrogens is 2. The van der Waals surface area contributed by atoms with Gasteiger partial charge in [0.1, 0.15) is 17.3 Å². The highest BCUT2D eigenvalue weighted by molar-refractivity contribution is 7.16. The third-order valence-corrected chi connectivity index (χ3v) is 6.99. The lowest BCUT2D eigenvalue weighted by Crippen LogP contribution is -2.18. The van der Waals surface area contributed by atoms with E-state index in [2.05, 4.69) is 14.9 Å². The Kier molecular flexibility index (Phi) is 5.24. The first-order valence-corrected chi connectivity index (χ1v) is 12.0. The van der Waals surface area contributed by atoms with Gasteiger partial charge in [0.2, 0.25) is 0 Å². The summed E-state index contributed by atoms with van der Waals surface area (Å²) < 4.78 is 22.4. The van der Waals surface area contributed by atoms with E-state index in [0.717, 1.165) is 51.9 Å². The minimum absolute atomic E-state index is 0.202. The maximum absolute atomic E-state index is 15.1. The van der Waals surface area contributed by atoms with Gasteiger partial charge in [-0.15, -0.1) is 11.3 Å². The number of thiazole rings is 1. The number of rotatable bonds is 5. The van der Waals surface area contributed by atoms with Crippen molar-refractivity contribution in [2.24, 2.45) is 0 Å². The van der Waals surface area contributed by atoms with E-state index in [1.165, 1.54) is 12.8 Å². The molecule has 3 heterocycles. The van der Waals surface area contributed by atoms with Crippen molar-refractivity contribution < 1.29 is 9.13 Å². The highest BCUT2D eigenvalue weighted by Crippen LogP contribution is 2.34. The Labute approximate surface area is 195 Å². The molecule has 0 bridgehead atoms. The zero-order valence-corrected chi connectivity index (χ0v) is 18.8. The molecule has 0 radical (unpaired) electrons. The van der Waals surface area contributed by atoms with Crippen LogP contribution >= 0.6 is 11.3 Å². The molecule has 1 aliphatic rings. The Morgan fingerprint density at radius 3 is 2.70 bits per heavy atom. The number of nitrogens with zero attached hydrogens (tertiary/aromatic N) is 3. The molecule has 0 unspecified atom stereocenters. The van der Waals surface area contributed by atoms with Crippen LogP contribution in [0.2, 0.25) is 0 Å². The van der Waals surface area contributed by atoms with E-state index in [1.54, 1.807) is 23.6 Å². The number of pyridine rings is 1. The minimum atomic E-state index is -0.202. The van der Waals surface area contributed by atoms with Crippen LogP contribution in [0.3, 0.4) is 0 Å². The van der Waals surface area contributed by atoms with Crippen LogP contribution in [0.25, 0.3) is 32.2 Å². The van der Waals surface area contributed by atoms with Gasteiger partial charge < -0.3 is 4.74 Å². The number of hydrogen-bond donors (Lipinski definition) is 0. The van der Waals surface area contributed by atoms with Crippen LogP contribution < -0.4 is 4.74 Å². The SMILES string of the molecule is Fc1cc(CN2CCCC2)ccc1-c1ccc2nccc(Oc3ccc4scnc4c3)c2c1. The van der Waals surface area contributed by atoms with Crippen LogP contribution in [0.4, 0.5) is 4.39 Å². The summed E-state index contributed by atoms with van der Waals surface area (Å²) in [5, 5.41) is 0.842. The van der Waals surface area contributed by atoms with E-state index in [1.807, 2.05) is 60.1 Å². The molecule has 0 spiro atoms. The van der Waals surface area contributed by atoms with Gasteiger partial charge in [-0.1, -0.05) is 18.2 Å². The zero-order valence-electron chi connectivity index (χ0n) is 18.0. The molecule has 0 atom stereocenters. The minimum Gasteiger partial charge on any atom is -0.457 e. The summed E-state index contributed by atoms with van der Waals surface area (Å²) in [6.07, 6.45) is 4.19. The number of ether oxygens (including phenoxy) is 1. The summed E-state index contributed by atoms with van der Waals surface area (Å²) in [4.78, 5) is 11.2.